The van der Waals surface area contributed by atoms with Crippen LogP contribution < -0.4 is 15.4 Å². The van der Waals surface area contributed by atoms with E-state index in [1.54, 1.807) is 13.0 Å². The molecule has 2 N–H and O–H groups in total. The molecule has 0 aliphatic carbocycles. The molecule has 1 atom stereocenters. The lowest BCUT2D eigenvalue weighted by Crippen LogP contribution is -2.44. The number of benzene rings is 2. The van der Waals surface area contributed by atoms with Crippen LogP contribution in [0.5, 0.6) is 5.75 Å². The van der Waals surface area contributed by atoms with E-state index in [1.165, 1.54) is 6.08 Å². The number of nitrogens with zero attached hydrogens (tertiary/aromatic N) is 1. The second-order valence-corrected chi connectivity index (χ2v) is 6.99. The first-order chi connectivity index (χ1) is 13.9. The minimum Gasteiger partial charge on any atom is -0.492 e. The number of ether oxygens (including phenoxy) is 1. The quantitative estimate of drug-likeness (QED) is 0.607. The lowest BCUT2D eigenvalue weighted by atomic mass is 10.2. The third kappa shape index (κ3) is 8.62. The number of hydrogen-bond donors (Lipinski definition) is 2. The molecule has 0 radical (unpaired) electrons. The molecular weight excluding hydrogens is 366 g/mol. The van der Waals surface area contributed by atoms with Crippen molar-refractivity contribution >= 4 is 17.9 Å². The van der Waals surface area contributed by atoms with Crippen molar-refractivity contribution in [2.45, 2.75) is 19.5 Å². The summed E-state index contributed by atoms with van der Waals surface area (Å²) >= 11 is 0. The average Bonchev–Trinajstić information content (AvgIpc) is 2.72. The monoisotopic (exact) mass is 395 g/mol. The van der Waals surface area contributed by atoms with Crippen molar-refractivity contribution in [3.8, 4) is 5.75 Å². The van der Waals surface area contributed by atoms with Gasteiger partial charge in [0.05, 0.1) is 0 Å². The normalized spacial score (nSPS) is 12.0. The Hall–Kier alpha value is -3.12. The van der Waals surface area contributed by atoms with Crippen LogP contribution in [0.3, 0.4) is 0 Å². The molecule has 0 heterocycles. The molecule has 0 spiro atoms. The van der Waals surface area contributed by atoms with E-state index in [0.29, 0.717) is 13.2 Å². The van der Waals surface area contributed by atoms with Gasteiger partial charge in [0, 0.05) is 19.2 Å². The van der Waals surface area contributed by atoms with Crippen LogP contribution in [0.15, 0.2) is 60.7 Å². The highest BCUT2D eigenvalue weighted by Gasteiger charge is 2.13. The minimum absolute atomic E-state index is 0.238. The number of rotatable bonds is 10. The van der Waals surface area contributed by atoms with E-state index >= 15 is 0 Å². The van der Waals surface area contributed by atoms with Crippen molar-refractivity contribution < 1.29 is 14.3 Å². The third-order valence-electron chi connectivity index (χ3n) is 4.18. The lowest BCUT2D eigenvalue weighted by molar-refractivity contribution is -0.126. The zero-order valence-electron chi connectivity index (χ0n) is 17.2. The average molecular weight is 396 g/mol. The van der Waals surface area contributed by atoms with Gasteiger partial charge in [0.1, 0.15) is 18.4 Å². The highest BCUT2D eigenvalue weighted by molar-refractivity contribution is 5.95. The maximum absolute atomic E-state index is 12.2. The van der Waals surface area contributed by atoms with Crippen LogP contribution in [-0.4, -0.2) is 50.0 Å². The second-order valence-electron chi connectivity index (χ2n) is 6.99. The zero-order chi connectivity index (χ0) is 21.1. The van der Waals surface area contributed by atoms with Gasteiger partial charge in [0.25, 0.3) is 0 Å². The van der Waals surface area contributed by atoms with Crippen LogP contribution in [0, 0.1) is 0 Å². The molecule has 0 fully saturated rings. The molecule has 2 amide bonds. The molecule has 2 aromatic rings. The largest absolute Gasteiger partial charge is 0.492 e. The van der Waals surface area contributed by atoms with Gasteiger partial charge < -0.3 is 20.3 Å². The van der Waals surface area contributed by atoms with Gasteiger partial charge in [-0.2, -0.15) is 0 Å². The van der Waals surface area contributed by atoms with E-state index in [4.69, 9.17) is 4.74 Å². The number of likely N-dealkylation sites (N-methyl/N-ethyl adjacent to an activating group) is 1. The predicted molar refractivity (Wildman–Crippen MR) is 115 cm³/mol. The highest BCUT2D eigenvalue weighted by atomic mass is 16.5. The standard InChI is InChI=1S/C23H29N3O3/c1-18(25-22(27)14-11-19-7-5-4-6-8-19)23(28)24-17-20-9-12-21(13-10-20)29-16-15-26(2)3/h4-14,18H,15-17H2,1-3H3,(H,24,28)(H,25,27)/b14-11+. The Balaban J connectivity index is 1.73. The van der Waals surface area contributed by atoms with E-state index in [2.05, 4.69) is 15.5 Å². The van der Waals surface area contributed by atoms with Crippen molar-refractivity contribution in [2.24, 2.45) is 0 Å². The number of carbonyl (C=O) groups excluding carboxylic acids is 2. The maximum atomic E-state index is 12.2. The summed E-state index contributed by atoms with van der Waals surface area (Å²) in [5.74, 6) is 0.251. The Morgan fingerprint density at radius 1 is 1.07 bits per heavy atom. The summed E-state index contributed by atoms with van der Waals surface area (Å²) in [4.78, 5) is 26.3. The van der Waals surface area contributed by atoms with Crippen LogP contribution in [0.1, 0.15) is 18.1 Å². The highest BCUT2D eigenvalue weighted by Crippen LogP contribution is 2.12. The molecule has 6 nitrogen and oxygen atoms in total. The van der Waals surface area contributed by atoms with Gasteiger partial charge in [0.2, 0.25) is 11.8 Å². The second kappa shape index (κ2) is 11.7. The van der Waals surface area contributed by atoms with Crippen LogP contribution in [0.25, 0.3) is 6.08 Å². The summed E-state index contributed by atoms with van der Waals surface area (Å²) in [6.07, 6.45) is 3.14. The first-order valence-corrected chi connectivity index (χ1v) is 9.62. The van der Waals surface area contributed by atoms with Crippen LogP contribution in [-0.2, 0) is 16.1 Å². The van der Waals surface area contributed by atoms with E-state index in [0.717, 1.165) is 23.4 Å². The molecule has 0 saturated carbocycles. The van der Waals surface area contributed by atoms with Gasteiger partial charge in [0.15, 0.2) is 0 Å². The predicted octanol–water partition coefficient (Wildman–Crippen LogP) is 2.46. The van der Waals surface area contributed by atoms with Crippen LogP contribution >= 0.6 is 0 Å². The first-order valence-electron chi connectivity index (χ1n) is 9.62. The van der Waals surface area contributed by atoms with Gasteiger partial charge in [-0.15, -0.1) is 0 Å². The van der Waals surface area contributed by atoms with Gasteiger partial charge in [-0.3, -0.25) is 9.59 Å². The summed E-state index contributed by atoms with van der Waals surface area (Å²) in [5.41, 5.74) is 1.88. The fourth-order valence-corrected chi connectivity index (χ4v) is 2.45. The fourth-order valence-electron chi connectivity index (χ4n) is 2.45. The van der Waals surface area contributed by atoms with Crippen molar-refractivity contribution in [1.29, 1.82) is 0 Å². The number of amides is 2. The van der Waals surface area contributed by atoms with Crippen molar-refractivity contribution in [1.82, 2.24) is 15.5 Å². The molecule has 0 aromatic heterocycles. The summed E-state index contributed by atoms with van der Waals surface area (Å²) < 4.78 is 5.65. The lowest BCUT2D eigenvalue weighted by Gasteiger charge is -2.14. The van der Waals surface area contributed by atoms with Gasteiger partial charge >= 0.3 is 0 Å². The molecule has 2 rings (SSSR count). The Bertz CT molecular complexity index is 802. The van der Waals surface area contributed by atoms with E-state index in [1.807, 2.05) is 68.7 Å². The number of carbonyl (C=O) groups is 2. The number of nitrogens with one attached hydrogen (secondary N) is 2. The molecule has 0 aliphatic rings. The summed E-state index contributed by atoms with van der Waals surface area (Å²) in [6.45, 7) is 3.52. The summed E-state index contributed by atoms with van der Waals surface area (Å²) in [6, 6.07) is 16.5. The van der Waals surface area contributed by atoms with E-state index < -0.39 is 6.04 Å². The van der Waals surface area contributed by atoms with Crippen molar-refractivity contribution in [3.63, 3.8) is 0 Å². The third-order valence-corrected chi connectivity index (χ3v) is 4.18. The molecule has 2 aromatic carbocycles. The first kappa shape index (κ1) is 22.2. The van der Waals surface area contributed by atoms with Crippen molar-refractivity contribution in [2.75, 3.05) is 27.2 Å². The molecule has 1 unspecified atom stereocenters. The van der Waals surface area contributed by atoms with Crippen LogP contribution in [0.2, 0.25) is 0 Å². The zero-order valence-corrected chi connectivity index (χ0v) is 17.2. The molecule has 0 saturated heterocycles. The van der Waals surface area contributed by atoms with Crippen LogP contribution in [0.4, 0.5) is 0 Å². The molecule has 0 aliphatic heterocycles. The Morgan fingerprint density at radius 3 is 2.41 bits per heavy atom. The molecule has 154 valence electrons. The molecule has 0 bridgehead atoms. The molecule has 6 heteroatoms. The fraction of sp³-hybridized carbons (Fsp3) is 0.304. The topological polar surface area (TPSA) is 70.7 Å². The van der Waals surface area contributed by atoms with Gasteiger partial charge in [-0.05, 0) is 50.4 Å². The summed E-state index contributed by atoms with van der Waals surface area (Å²) in [7, 11) is 4.00. The van der Waals surface area contributed by atoms with E-state index in [-0.39, 0.29) is 11.8 Å². The van der Waals surface area contributed by atoms with E-state index in [9.17, 15) is 9.59 Å². The minimum atomic E-state index is -0.628. The SMILES string of the molecule is CC(NC(=O)/C=C/c1ccccc1)C(=O)NCc1ccc(OCCN(C)C)cc1. The molecule has 29 heavy (non-hydrogen) atoms. The van der Waals surface area contributed by atoms with Gasteiger partial charge in [-0.1, -0.05) is 42.5 Å². The Labute approximate surface area is 172 Å². The summed E-state index contributed by atoms with van der Waals surface area (Å²) in [5, 5.41) is 5.50. The Morgan fingerprint density at radius 2 is 1.76 bits per heavy atom. The Kier molecular flexibility index (Phi) is 8.92. The van der Waals surface area contributed by atoms with Gasteiger partial charge in [-0.25, -0.2) is 0 Å². The maximum Gasteiger partial charge on any atom is 0.244 e. The van der Waals surface area contributed by atoms with Crippen molar-refractivity contribution in [3.05, 3.63) is 71.8 Å². The smallest absolute Gasteiger partial charge is 0.244 e. The number of hydrogen-bond acceptors (Lipinski definition) is 4. The molecular formula is C23H29N3O3.